The predicted octanol–water partition coefficient (Wildman–Crippen LogP) is 3.45. The molecule has 0 spiro atoms. The van der Waals surface area contributed by atoms with E-state index in [1.165, 1.54) is 16.6 Å². The summed E-state index contributed by atoms with van der Waals surface area (Å²) in [7, 11) is 0. The van der Waals surface area contributed by atoms with Crippen molar-refractivity contribution < 1.29 is 4.79 Å². The fourth-order valence-electron chi connectivity index (χ4n) is 3.02. The van der Waals surface area contributed by atoms with Crippen LogP contribution in [0.1, 0.15) is 16.1 Å². The number of halogens is 1. The number of pyridine rings is 1. The van der Waals surface area contributed by atoms with Crippen molar-refractivity contribution in [1.29, 1.82) is 0 Å². The minimum absolute atomic E-state index is 0.0384. The topological polar surface area (TPSA) is 38.1 Å². The summed E-state index contributed by atoms with van der Waals surface area (Å²) in [6.07, 6.45) is 1.62. The van der Waals surface area contributed by atoms with Gasteiger partial charge in [0.2, 0.25) is 0 Å². The molecule has 4 nitrogen and oxygen atoms in total. The highest BCUT2D eigenvalue weighted by Crippen LogP contribution is 2.24. The lowest BCUT2D eigenvalue weighted by Crippen LogP contribution is -2.38. The van der Waals surface area contributed by atoms with Gasteiger partial charge in [0.1, 0.15) is 4.60 Å². The number of fused-ring (bicyclic) bond motifs is 3. The maximum atomic E-state index is 12.6. The monoisotopic (exact) mass is 355 g/mol. The molecule has 0 N–H and O–H groups in total. The second kappa shape index (κ2) is 5.25. The molecule has 0 radical (unpaired) electrons. The van der Waals surface area contributed by atoms with Crippen LogP contribution in [0.3, 0.4) is 0 Å². The number of aromatic nitrogens is 2. The molecule has 1 aliphatic rings. The Morgan fingerprint density at radius 1 is 1.14 bits per heavy atom. The van der Waals surface area contributed by atoms with Gasteiger partial charge in [-0.05, 0) is 45.6 Å². The van der Waals surface area contributed by atoms with Crippen LogP contribution in [-0.2, 0) is 13.1 Å². The largest absolute Gasteiger partial charge is 0.341 e. The highest BCUT2D eigenvalue weighted by molar-refractivity contribution is 9.10. The minimum Gasteiger partial charge on any atom is -0.341 e. The highest BCUT2D eigenvalue weighted by Gasteiger charge is 2.23. The Labute approximate surface area is 136 Å². The number of para-hydroxylation sites is 1. The van der Waals surface area contributed by atoms with E-state index < -0.39 is 0 Å². The molecule has 0 saturated heterocycles. The quantitative estimate of drug-likeness (QED) is 0.627. The van der Waals surface area contributed by atoms with Crippen LogP contribution >= 0.6 is 15.9 Å². The van der Waals surface area contributed by atoms with Crippen molar-refractivity contribution in [1.82, 2.24) is 14.5 Å². The first-order valence-electron chi connectivity index (χ1n) is 7.20. The van der Waals surface area contributed by atoms with Crippen LogP contribution in [0.5, 0.6) is 0 Å². The molecule has 0 bridgehead atoms. The minimum atomic E-state index is 0.0384. The predicted molar refractivity (Wildman–Crippen MR) is 88.6 cm³/mol. The smallest absolute Gasteiger partial charge is 0.255 e. The van der Waals surface area contributed by atoms with Gasteiger partial charge in [-0.1, -0.05) is 18.2 Å². The molecule has 1 aromatic carbocycles. The third-order valence-corrected chi connectivity index (χ3v) is 4.57. The average molecular weight is 356 g/mol. The maximum absolute atomic E-state index is 12.6. The Balaban J connectivity index is 1.64. The molecule has 0 unspecified atom stereocenters. The number of carbonyl (C=O) groups is 1. The van der Waals surface area contributed by atoms with Crippen molar-refractivity contribution in [2.24, 2.45) is 0 Å². The van der Waals surface area contributed by atoms with Crippen molar-refractivity contribution >= 4 is 32.7 Å². The zero-order chi connectivity index (χ0) is 15.1. The number of rotatable bonds is 1. The molecular weight excluding hydrogens is 342 g/mol. The zero-order valence-corrected chi connectivity index (χ0v) is 13.5. The fraction of sp³-hybridized carbons (Fsp3) is 0.176. The summed E-state index contributed by atoms with van der Waals surface area (Å²) >= 11 is 3.29. The molecule has 2 aromatic heterocycles. The molecule has 0 aliphatic carbocycles. The number of amides is 1. The lowest BCUT2D eigenvalue weighted by molar-refractivity contribution is 0.0712. The van der Waals surface area contributed by atoms with E-state index in [4.69, 9.17) is 0 Å². The van der Waals surface area contributed by atoms with Crippen LogP contribution in [0.2, 0.25) is 0 Å². The van der Waals surface area contributed by atoms with E-state index in [0.29, 0.717) is 12.1 Å². The third kappa shape index (κ3) is 2.22. The van der Waals surface area contributed by atoms with E-state index in [-0.39, 0.29) is 5.91 Å². The van der Waals surface area contributed by atoms with Crippen LogP contribution in [0.25, 0.3) is 10.9 Å². The van der Waals surface area contributed by atoms with Crippen LogP contribution < -0.4 is 0 Å². The first-order chi connectivity index (χ1) is 10.7. The highest BCUT2D eigenvalue weighted by atomic mass is 79.9. The Hall–Kier alpha value is -2.14. The first kappa shape index (κ1) is 13.5. The molecule has 4 rings (SSSR count). The van der Waals surface area contributed by atoms with E-state index in [9.17, 15) is 4.79 Å². The van der Waals surface area contributed by atoms with Crippen LogP contribution in [0.15, 0.2) is 53.3 Å². The lowest BCUT2D eigenvalue weighted by atomic mass is 10.2. The SMILES string of the molecule is O=C(c1ccc(Br)nc1)N1CCn2c(cc3ccccc32)C1. The Bertz CT molecular complexity index is 854. The van der Waals surface area contributed by atoms with Gasteiger partial charge in [0.25, 0.3) is 5.91 Å². The van der Waals surface area contributed by atoms with Crippen LogP contribution in [0.4, 0.5) is 0 Å². The van der Waals surface area contributed by atoms with Crippen LogP contribution in [-0.4, -0.2) is 26.9 Å². The number of benzene rings is 1. The second-order valence-electron chi connectivity index (χ2n) is 5.44. The summed E-state index contributed by atoms with van der Waals surface area (Å²) in [5, 5.41) is 1.23. The van der Waals surface area contributed by atoms with Gasteiger partial charge in [-0.3, -0.25) is 4.79 Å². The Morgan fingerprint density at radius 2 is 2.00 bits per heavy atom. The molecule has 22 heavy (non-hydrogen) atoms. The van der Waals surface area contributed by atoms with Crippen molar-refractivity contribution in [3.8, 4) is 0 Å². The van der Waals surface area contributed by atoms with Gasteiger partial charge in [-0.25, -0.2) is 4.98 Å². The van der Waals surface area contributed by atoms with Gasteiger partial charge in [-0.15, -0.1) is 0 Å². The lowest BCUT2D eigenvalue weighted by Gasteiger charge is -2.29. The molecule has 3 aromatic rings. The molecule has 3 heterocycles. The molecule has 0 atom stereocenters. The second-order valence-corrected chi connectivity index (χ2v) is 6.25. The van der Waals surface area contributed by atoms with Gasteiger partial charge >= 0.3 is 0 Å². The summed E-state index contributed by atoms with van der Waals surface area (Å²) in [6.45, 7) is 2.20. The van der Waals surface area contributed by atoms with Crippen molar-refractivity contribution in [3.63, 3.8) is 0 Å². The molecule has 5 heteroatoms. The van der Waals surface area contributed by atoms with Crippen molar-refractivity contribution in [3.05, 3.63) is 64.5 Å². The number of nitrogens with zero attached hydrogens (tertiary/aromatic N) is 3. The summed E-state index contributed by atoms with van der Waals surface area (Å²) < 4.78 is 3.04. The standard InChI is InChI=1S/C17H14BrN3O/c18-16-6-5-13(10-19-16)17(22)20-7-8-21-14(11-20)9-12-3-1-2-4-15(12)21/h1-6,9-10H,7-8,11H2. The van der Waals surface area contributed by atoms with Gasteiger partial charge < -0.3 is 9.47 Å². The summed E-state index contributed by atoms with van der Waals surface area (Å²) in [6, 6.07) is 14.1. The van der Waals surface area contributed by atoms with E-state index >= 15 is 0 Å². The van der Waals surface area contributed by atoms with Crippen LogP contribution in [0, 0.1) is 0 Å². The zero-order valence-electron chi connectivity index (χ0n) is 11.9. The fourth-order valence-corrected chi connectivity index (χ4v) is 3.25. The van der Waals surface area contributed by atoms with Crippen molar-refractivity contribution in [2.75, 3.05) is 6.54 Å². The molecule has 1 amide bonds. The molecule has 1 aliphatic heterocycles. The average Bonchev–Trinajstić information content (AvgIpc) is 2.92. The first-order valence-corrected chi connectivity index (χ1v) is 8.00. The summed E-state index contributed by atoms with van der Waals surface area (Å²) in [5.41, 5.74) is 3.06. The van der Waals surface area contributed by atoms with E-state index in [0.717, 1.165) is 17.7 Å². The summed E-state index contributed by atoms with van der Waals surface area (Å²) in [5.74, 6) is 0.0384. The third-order valence-electron chi connectivity index (χ3n) is 4.10. The van der Waals surface area contributed by atoms with Crippen molar-refractivity contribution in [2.45, 2.75) is 13.1 Å². The summed E-state index contributed by atoms with van der Waals surface area (Å²) in [4.78, 5) is 18.6. The van der Waals surface area contributed by atoms with Gasteiger partial charge in [0.15, 0.2) is 0 Å². The normalized spacial score (nSPS) is 14.1. The Kier molecular flexibility index (Phi) is 3.22. The Morgan fingerprint density at radius 3 is 2.82 bits per heavy atom. The molecular formula is C17H14BrN3O. The number of hydrogen-bond acceptors (Lipinski definition) is 2. The van der Waals surface area contributed by atoms with Gasteiger partial charge in [0, 0.05) is 30.5 Å². The molecule has 110 valence electrons. The molecule has 0 saturated carbocycles. The van der Waals surface area contributed by atoms with E-state index in [1.807, 2.05) is 17.0 Å². The van der Waals surface area contributed by atoms with Gasteiger partial charge in [0.05, 0.1) is 12.1 Å². The number of carbonyl (C=O) groups excluding carboxylic acids is 1. The molecule has 0 fully saturated rings. The van der Waals surface area contributed by atoms with E-state index in [1.54, 1.807) is 12.3 Å². The maximum Gasteiger partial charge on any atom is 0.255 e. The van der Waals surface area contributed by atoms with E-state index in [2.05, 4.69) is 49.7 Å². The van der Waals surface area contributed by atoms with Gasteiger partial charge in [-0.2, -0.15) is 0 Å². The number of hydrogen-bond donors (Lipinski definition) is 0.